The van der Waals surface area contributed by atoms with Gasteiger partial charge in [0.2, 0.25) is 11.8 Å². The zero-order valence-electron chi connectivity index (χ0n) is 30.5. The summed E-state index contributed by atoms with van der Waals surface area (Å²) in [6.07, 6.45) is 4.51. The van der Waals surface area contributed by atoms with Crippen molar-refractivity contribution in [3.8, 4) is 5.00 Å². The fourth-order valence-corrected chi connectivity index (χ4v) is 9.76. The molecule has 0 saturated carbocycles. The molecule has 0 spiro atoms. The molecule has 3 amide bonds. The summed E-state index contributed by atoms with van der Waals surface area (Å²) in [7, 11) is 0. The number of aryl methyl sites for hydroxylation is 3. The molecule has 7 rings (SSSR count). The SMILES string of the molecule is Cc1sc2c(c1C)C(c1ccc(Cl)cc1)=N[C@@H](CC(=O)CCCCCNCC(=O)CCc1scc3c1CN(C1CCC(=O)NC1=O)C3=O)c1nnc(C)n1-2. The molecule has 282 valence electrons. The van der Waals surface area contributed by atoms with Crippen LogP contribution in [0.4, 0.5) is 0 Å². The average molecular weight is 788 g/mol. The molecule has 12 nitrogen and oxygen atoms in total. The summed E-state index contributed by atoms with van der Waals surface area (Å²) in [4.78, 5) is 71.9. The fourth-order valence-electron chi connectivity index (χ4n) is 7.38. The van der Waals surface area contributed by atoms with Crippen molar-refractivity contribution in [2.24, 2.45) is 4.99 Å². The van der Waals surface area contributed by atoms with Crippen LogP contribution in [0.2, 0.25) is 5.02 Å². The van der Waals surface area contributed by atoms with Crippen LogP contribution in [0, 0.1) is 20.8 Å². The molecule has 0 radical (unpaired) electrons. The van der Waals surface area contributed by atoms with Crippen LogP contribution in [0.5, 0.6) is 0 Å². The molecule has 0 aliphatic carbocycles. The van der Waals surface area contributed by atoms with Crippen molar-refractivity contribution >= 4 is 69.3 Å². The first kappa shape index (κ1) is 37.9. The maximum absolute atomic E-state index is 13.4. The number of amides is 3. The molecule has 15 heteroatoms. The highest BCUT2D eigenvalue weighted by Crippen LogP contribution is 2.40. The first-order chi connectivity index (χ1) is 26.0. The van der Waals surface area contributed by atoms with E-state index in [2.05, 4.69) is 39.2 Å². The molecule has 54 heavy (non-hydrogen) atoms. The number of piperidine rings is 1. The molecule has 2 atom stereocenters. The smallest absolute Gasteiger partial charge is 0.256 e. The number of hydrogen-bond donors (Lipinski definition) is 2. The van der Waals surface area contributed by atoms with Crippen molar-refractivity contribution < 1.29 is 24.0 Å². The Bertz CT molecular complexity index is 2170. The van der Waals surface area contributed by atoms with Crippen LogP contribution < -0.4 is 10.6 Å². The molecule has 1 aromatic carbocycles. The molecule has 1 unspecified atom stereocenters. The van der Waals surface area contributed by atoms with Gasteiger partial charge in [0.25, 0.3) is 5.91 Å². The Morgan fingerprint density at radius 2 is 1.81 bits per heavy atom. The van der Waals surface area contributed by atoms with Crippen LogP contribution in [0.1, 0.15) is 111 Å². The van der Waals surface area contributed by atoms with E-state index in [1.165, 1.54) is 21.1 Å². The summed E-state index contributed by atoms with van der Waals surface area (Å²) >= 11 is 9.38. The van der Waals surface area contributed by atoms with Gasteiger partial charge in [-0.05, 0) is 76.3 Å². The Hall–Kier alpha value is -4.37. The number of unbranched alkanes of at least 4 members (excludes halogenated alkanes) is 2. The number of aliphatic imine (C=N–C) groups is 1. The van der Waals surface area contributed by atoms with E-state index < -0.39 is 18.0 Å². The molecule has 2 N–H and O–H groups in total. The van der Waals surface area contributed by atoms with Crippen molar-refractivity contribution in [3.63, 3.8) is 0 Å². The molecule has 3 aliphatic heterocycles. The van der Waals surface area contributed by atoms with Crippen molar-refractivity contribution in [2.75, 3.05) is 13.1 Å². The van der Waals surface area contributed by atoms with E-state index in [0.29, 0.717) is 55.2 Å². The van der Waals surface area contributed by atoms with Gasteiger partial charge < -0.3 is 10.2 Å². The third-order valence-electron chi connectivity index (χ3n) is 10.4. The number of ketones is 2. The number of Topliss-reactive ketones (excluding diaryl/α,β-unsaturated/α-hetero) is 2. The van der Waals surface area contributed by atoms with E-state index in [-0.39, 0.29) is 42.8 Å². The van der Waals surface area contributed by atoms with Gasteiger partial charge in [-0.25, -0.2) is 0 Å². The summed E-state index contributed by atoms with van der Waals surface area (Å²) in [5.41, 5.74) is 5.43. The van der Waals surface area contributed by atoms with Gasteiger partial charge in [0.1, 0.15) is 34.5 Å². The van der Waals surface area contributed by atoms with Gasteiger partial charge in [0, 0.05) is 63.5 Å². The number of rotatable bonds is 15. The first-order valence-electron chi connectivity index (χ1n) is 18.3. The molecule has 3 aromatic heterocycles. The van der Waals surface area contributed by atoms with E-state index >= 15 is 0 Å². The van der Waals surface area contributed by atoms with E-state index in [0.717, 1.165) is 62.9 Å². The number of carbonyl (C=O) groups is 5. The van der Waals surface area contributed by atoms with Crippen molar-refractivity contribution in [1.82, 2.24) is 30.3 Å². The predicted octanol–water partition coefficient (Wildman–Crippen LogP) is 5.93. The lowest BCUT2D eigenvalue weighted by Gasteiger charge is -2.29. The van der Waals surface area contributed by atoms with Gasteiger partial charge in [0.05, 0.1) is 17.8 Å². The van der Waals surface area contributed by atoms with Crippen molar-refractivity contribution in [3.05, 3.63) is 83.9 Å². The van der Waals surface area contributed by atoms with Crippen molar-refractivity contribution in [1.29, 1.82) is 0 Å². The molecule has 3 aliphatic rings. The second kappa shape index (κ2) is 16.2. The predicted molar refractivity (Wildman–Crippen MR) is 208 cm³/mol. The van der Waals surface area contributed by atoms with Crippen LogP contribution >= 0.6 is 34.3 Å². The zero-order valence-corrected chi connectivity index (χ0v) is 32.9. The van der Waals surface area contributed by atoms with Crippen LogP contribution in [0.3, 0.4) is 0 Å². The van der Waals surface area contributed by atoms with Crippen molar-refractivity contribution in [2.45, 2.75) is 97.2 Å². The lowest BCUT2D eigenvalue weighted by atomic mass is 9.99. The Kier molecular flexibility index (Phi) is 11.3. The lowest BCUT2D eigenvalue weighted by molar-refractivity contribution is -0.137. The maximum atomic E-state index is 13.4. The van der Waals surface area contributed by atoms with Crippen LogP contribution in [0.15, 0.2) is 34.6 Å². The summed E-state index contributed by atoms with van der Waals surface area (Å²) in [5, 5.41) is 17.9. The number of imide groups is 1. The van der Waals surface area contributed by atoms with Gasteiger partial charge in [-0.1, -0.05) is 30.2 Å². The highest BCUT2D eigenvalue weighted by Gasteiger charge is 2.40. The average Bonchev–Trinajstić information content (AvgIpc) is 3.87. The summed E-state index contributed by atoms with van der Waals surface area (Å²) in [6, 6.07) is 6.53. The Morgan fingerprint density at radius 3 is 2.59 bits per heavy atom. The minimum absolute atomic E-state index is 0.0865. The van der Waals surface area contributed by atoms with Gasteiger partial charge in [-0.2, -0.15) is 0 Å². The van der Waals surface area contributed by atoms with Gasteiger partial charge in [-0.3, -0.25) is 38.8 Å². The Labute approximate surface area is 326 Å². The minimum Gasteiger partial charge on any atom is -0.322 e. The Morgan fingerprint density at radius 1 is 1.02 bits per heavy atom. The molecule has 6 heterocycles. The number of carbonyl (C=O) groups excluding carboxylic acids is 5. The third kappa shape index (κ3) is 7.75. The standard InChI is InChI=1S/C39H42ClN7O5S2/c1-21-22(2)54-39-34(21)35(24-8-10-25(40)11-9-24)42-30(36-45-44-23(3)47(36)39)17-26(48)7-5-4-6-16-41-18-27(49)12-14-32-28-19-46(38(52)29(28)20-53-32)31-13-15-33(50)43-37(31)51/h8-11,20,30-31,41H,4-7,12-19H2,1-3H3,(H,43,50,51)/t30-,31?/m0/s1. The number of aromatic nitrogens is 3. The summed E-state index contributed by atoms with van der Waals surface area (Å²) < 4.78 is 2.06. The quantitative estimate of drug-likeness (QED) is 0.111. The van der Waals surface area contributed by atoms with Crippen LogP contribution in [-0.4, -0.2) is 73.8 Å². The largest absolute Gasteiger partial charge is 0.322 e. The fraction of sp³-hybridized carbons (Fsp3) is 0.436. The first-order valence-corrected chi connectivity index (χ1v) is 20.4. The third-order valence-corrected chi connectivity index (χ3v) is 13.0. The topological polar surface area (TPSA) is 156 Å². The number of nitrogens with zero attached hydrogens (tertiary/aromatic N) is 5. The molecule has 0 bridgehead atoms. The van der Waals surface area contributed by atoms with E-state index in [1.807, 2.05) is 36.6 Å². The molecular weight excluding hydrogens is 746 g/mol. The highest BCUT2D eigenvalue weighted by molar-refractivity contribution is 7.15. The zero-order chi connectivity index (χ0) is 38.1. The Balaban J connectivity index is 0.862. The van der Waals surface area contributed by atoms with E-state index in [1.54, 1.807) is 11.3 Å². The van der Waals surface area contributed by atoms with E-state index in [4.69, 9.17) is 16.6 Å². The normalized spacial score (nSPS) is 17.9. The minimum atomic E-state index is -0.648. The maximum Gasteiger partial charge on any atom is 0.256 e. The number of benzene rings is 1. The molecule has 4 aromatic rings. The van der Waals surface area contributed by atoms with Gasteiger partial charge >= 0.3 is 0 Å². The number of hydrogen-bond acceptors (Lipinski definition) is 11. The summed E-state index contributed by atoms with van der Waals surface area (Å²) in [6.45, 7) is 7.39. The molecular formula is C39H42ClN7O5S2. The molecule has 1 fully saturated rings. The van der Waals surface area contributed by atoms with E-state index in [9.17, 15) is 24.0 Å². The number of nitrogens with one attached hydrogen (secondary N) is 2. The number of thiophene rings is 2. The monoisotopic (exact) mass is 787 g/mol. The second-order valence-corrected chi connectivity index (χ2v) is 16.7. The number of fused-ring (bicyclic) bond motifs is 4. The summed E-state index contributed by atoms with van der Waals surface area (Å²) in [5.74, 6) is 0.700. The van der Waals surface area contributed by atoms with Gasteiger partial charge in [-0.15, -0.1) is 32.9 Å². The van der Waals surface area contributed by atoms with Gasteiger partial charge in [0.15, 0.2) is 5.82 Å². The van der Waals surface area contributed by atoms with Crippen LogP contribution in [0.25, 0.3) is 5.00 Å². The lowest BCUT2D eigenvalue weighted by Crippen LogP contribution is -2.52. The number of halogens is 1. The highest BCUT2D eigenvalue weighted by atomic mass is 35.5. The molecule has 1 saturated heterocycles. The second-order valence-electron chi connectivity index (χ2n) is 14.1. The van der Waals surface area contributed by atoms with Crippen LogP contribution in [-0.2, 0) is 32.1 Å².